The van der Waals surface area contributed by atoms with Crippen LogP contribution in [0.3, 0.4) is 0 Å². The van der Waals surface area contributed by atoms with Crippen LogP contribution in [-0.4, -0.2) is 33.1 Å². The van der Waals surface area contributed by atoms with Crippen LogP contribution in [0, 0.1) is 10.1 Å². The molecule has 0 aliphatic rings. The van der Waals surface area contributed by atoms with Crippen molar-refractivity contribution in [3.05, 3.63) is 10.1 Å². The molecule has 7 nitrogen and oxygen atoms in total. The van der Waals surface area contributed by atoms with E-state index < -0.39 is 22.9 Å². The molecule has 0 aliphatic heterocycles. The van der Waals surface area contributed by atoms with E-state index in [4.69, 9.17) is 10.2 Å². The smallest absolute Gasteiger partial charge is 0.303 e. The van der Waals surface area contributed by atoms with Crippen molar-refractivity contribution < 1.29 is 24.7 Å². The summed E-state index contributed by atoms with van der Waals surface area (Å²) >= 11 is 0. The Hall–Kier alpha value is -1.66. The van der Waals surface area contributed by atoms with Crippen molar-refractivity contribution in [1.82, 2.24) is 0 Å². The van der Waals surface area contributed by atoms with Gasteiger partial charge in [0.15, 0.2) is 0 Å². The molecule has 0 heterocycles. The Morgan fingerprint density at radius 2 is 1.35 bits per heavy atom. The van der Waals surface area contributed by atoms with E-state index in [0.717, 1.165) is 25.7 Å². The molecule has 7 heteroatoms. The fourth-order valence-corrected chi connectivity index (χ4v) is 2.01. The molecule has 0 radical (unpaired) electrons. The molecule has 0 saturated heterocycles. The Morgan fingerprint density at radius 3 is 1.85 bits per heavy atom. The van der Waals surface area contributed by atoms with Crippen LogP contribution in [0.2, 0.25) is 0 Å². The highest BCUT2D eigenvalue weighted by atomic mass is 16.6. The van der Waals surface area contributed by atoms with E-state index in [2.05, 4.69) is 0 Å². The summed E-state index contributed by atoms with van der Waals surface area (Å²) in [5, 5.41) is 27.7. The summed E-state index contributed by atoms with van der Waals surface area (Å²) in [6.45, 7) is 0. The first-order valence-electron chi connectivity index (χ1n) is 7.00. The summed E-state index contributed by atoms with van der Waals surface area (Å²) in [5.41, 5.74) is 0. The molecule has 1 unspecified atom stereocenters. The van der Waals surface area contributed by atoms with Crippen LogP contribution >= 0.6 is 0 Å². The van der Waals surface area contributed by atoms with Crippen LogP contribution < -0.4 is 0 Å². The van der Waals surface area contributed by atoms with Gasteiger partial charge < -0.3 is 10.2 Å². The van der Waals surface area contributed by atoms with Gasteiger partial charge in [-0.1, -0.05) is 25.7 Å². The number of nitrogens with zero attached hydrogens (tertiary/aromatic N) is 1. The number of carbonyl (C=O) groups is 2. The Kier molecular flexibility index (Phi) is 10.3. The van der Waals surface area contributed by atoms with Gasteiger partial charge in [0.05, 0.1) is 6.42 Å². The minimum atomic E-state index is -1.00. The molecule has 2 N–H and O–H groups in total. The first-order chi connectivity index (χ1) is 9.43. The van der Waals surface area contributed by atoms with E-state index in [-0.39, 0.29) is 19.3 Å². The maximum Gasteiger partial charge on any atom is 0.303 e. The Balaban J connectivity index is 3.56. The monoisotopic (exact) mass is 289 g/mol. The average molecular weight is 289 g/mol. The lowest BCUT2D eigenvalue weighted by Crippen LogP contribution is -2.20. The number of carboxylic acid groups (broad SMARTS) is 2. The molecule has 0 bridgehead atoms. The standard InChI is InChI=1S/C13H23NO6/c15-12(16)8-6-4-2-1-3-5-7-11(14(19)20)9-10-13(17)18/h11H,1-10H2,(H,15,16)(H,17,18). The Morgan fingerprint density at radius 1 is 0.850 bits per heavy atom. The van der Waals surface area contributed by atoms with Gasteiger partial charge in [-0.3, -0.25) is 19.7 Å². The third kappa shape index (κ3) is 11.4. The molecule has 0 aromatic rings. The molecule has 0 saturated carbocycles. The van der Waals surface area contributed by atoms with Crippen LogP contribution in [0.4, 0.5) is 0 Å². The maximum absolute atomic E-state index is 10.7. The molecule has 0 rings (SSSR count). The molecule has 0 aromatic heterocycles. The van der Waals surface area contributed by atoms with E-state index >= 15 is 0 Å². The Labute approximate surface area is 118 Å². The fourth-order valence-electron chi connectivity index (χ4n) is 2.01. The van der Waals surface area contributed by atoms with Crippen molar-refractivity contribution >= 4 is 11.9 Å². The van der Waals surface area contributed by atoms with E-state index in [9.17, 15) is 19.7 Å². The molecule has 0 spiro atoms. The largest absolute Gasteiger partial charge is 0.481 e. The second-order valence-electron chi connectivity index (χ2n) is 4.93. The van der Waals surface area contributed by atoms with E-state index in [1.165, 1.54) is 0 Å². The number of nitro groups is 1. The molecule has 0 aromatic carbocycles. The van der Waals surface area contributed by atoms with Crippen LogP contribution in [-0.2, 0) is 9.59 Å². The van der Waals surface area contributed by atoms with Crippen LogP contribution in [0.5, 0.6) is 0 Å². The van der Waals surface area contributed by atoms with Crippen LogP contribution in [0.15, 0.2) is 0 Å². The van der Waals surface area contributed by atoms with E-state index in [1.807, 2.05) is 0 Å². The minimum Gasteiger partial charge on any atom is -0.481 e. The van der Waals surface area contributed by atoms with Gasteiger partial charge in [0.25, 0.3) is 0 Å². The zero-order valence-electron chi connectivity index (χ0n) is 11.6. The van der Waals surface area contributed by atoms with Gasteiger partial charge in [-0.25, -0.2) is 0 Å². The number of carboxylic acids is 2. The van der Waals surface area contributed by atoms with Crippen LogP contribution in [0.25, 0.3) is 0 Å². The lowest BCUT2D eigenvalue weighted by atomic mass is 10.0. The third-order valence-electron chi connectivity index (χ3n) is 3.17. The molecular formula is C13H23NO6. The zero-order chi connectivity index (χ0) is 15.4. The average Bonchev–Trinajstić information content (AvgIpc) is 2.34. The predicted molar refractivity (Wildman–Crippen MR) is 72.2 cm³/mol. The molecular weight excluding hydrogens is 266 g/mol. The van der Waals surface area contributed by atoms with Gasteiger partial charge in [-0.2, -0.15) is 0 Å². The van der Waals surface area contributed by atoms with Gasteiger partial charge in [-0.15, -0.1) is 0 Å². The van der Waals surface area contributed by atoms with Gasteiger partial charge >= 0.3 is 11.9 Å². The topological polar surface area (TPSA) is 118 Å². The summed E-state index contributed by atoms with van der Waals surface area (Å²) in [7, 11) is 0. The predicted octanol–water partition coefficient (Wildman–Crippen LogP) is 2.70. The number of hydrogen-bond acceptors (Lipinski definition) is 4. The third-order valence-corrected chi connectivity index (χ3v) is 3.17. The second-order valence-corrected chi connectivity index (χ2v) is 4.93. The molecule has 0 fully saturated rings. The molecule has 116 valence electrons. The summed E-state index contributed by atoms with van der Waals surface area (Å²) in [4.78, 5) is 31.0. The SMILES string of the molecule is O=C(O)CCCCCCCCC(CCC(=O)O)[N+](=O)[O-]. The normalized spacial score (nSPS) is 12.0. The van der Waals surface area contributed by atoms with Gasteiger partial charge in [0.2, 0.25) is 6.04 Å². The van der Waals surface area contributed by atoms with Crippen molar-refractivity contribution in [2.75, 3.05) is 0 Å². The number of unbranched alkanes of at least 4 members (excludes halogenated alkanes) is 5. The highest BCUT2D eigenvalue weighted by Crippen LogP contribution is 2.14. The number of aliphatic carboxylic acids is 2. The highest BCUT2D eigenvalue weighted by molar-refractivity contribution is 5.66. The molecule has 20 heavy (non-hydrogen) atoms. The van der Waals surface area contributed by atoms with Crippen molar-refractivity contribution in [1.29, 1.82) is 0 Å². The van der Waals surface area contributed by atoms with Crippen molar-refractivity contribution in [3.63, 3.8) is 0 Å². The second kappa shape index (κ2) is 11.2. The summed E-state index contributed by atoms with van der Waals surface area (Å²) in [5.74, 6) is -1.78. The van der Waals surface area contributed by atoms with Crippen molar-refractivity contribution in [3.8, 4) is 0 Å². The fraction of sp³-hybridized carbons (Fsp3) is 0.846. The van der Waals surface area contributed by atoms with Crippen LogP contribution in [0.1, 0.15) is 64.2 Å². The van der Waals surface area contributed by atoms with Gasteiger partial charge in [0.1, 0.15) is 0 Å². The quantitative estimate of drug-likeness (QED) is 0.306. The molecule has 0 aliphatic carbocycles. The van der Waals surface area contributed by atoms with Gasteiger partial charge in [0, 0.05) is 24.2 Å². The highest BCUT2D eigenvalue weighted by Gasteiger charge is 2.20. The maximum atomic E-state index is 10.7. The first-order valence-corrected chi connectivity index (χ1v) is 7.00. The minimum absolute atomic E-state index is 0.0843. The Bertz CT molecular complexity index is 318. The van der Waals surface area contributed by atoms with E-state index in [1.54, 1.807) is 0 Å². The zero-order valence-corrected chi connectivity index (χ0v) is 11.6. The summed E-state index contributed by atoms with van der Waals surface area (Å²) < 4.78 is 0. The van der Waals surface area contributed by atoms with E-state index in [0.29, 0.717) is 19.3 Å². The van der Waals surface area contributed by atoms with Crippen molar-refractivity contribution in [2.24, 2.45) is 0 Å². The molecule has 1 atom stereocenters. The number of rotatable bonds is 13. The lowest BCUT2D eigenvalue weighted by Gasteiger charge is -2.08. The summed E-state index contributed by atoms with van der Waals surface area (Å²) in [6.07, 6.45) is 5.51. The first kappa shape index (κ1) is 18.3. The van der Waals surface area contributed by atoms with Gasteiger partial charge in [-0.05, 0) is 12.8 Å². The molecule has 0 amide bonds. The number of hydrogen-bond donors (Lipinski definition) is 2. The van der Waals surface area contributed by atoms with Crippen molar-refractivity contribution in [2.45, 2.75) is 70.3 Å². The lowest BCUT2D eigenvalue weighted by molar-refractivity contribution is -0.524. The summed E-state index contributed by atoms with van der Waals surface area (Å²) in [6, 6.07) is -0.766.